The zero-order valence-corrected chi connectivity index (χ0v) is 11.2. The van der Waals surface area contributed by atoms with Gasteiger partial charge in [0.1, 0.15) is 0 Å². The number of aromatic nitrogens is 2. The van der Waals surface area contributed by atoms with Gasteiger partial charge in [0.15, 0.2) is 4.77 Å². The van der Waals surface area contributed by atoms with Gasteiger partial charge in [0.05, 0.1) is 16.1 Å². The lowest BCUT2D eigenvalue weighted by Crippen LogP contribution is -2.11. The molecule has 86 valence electrons. The molecule has 0 amide bonds. The molecule has 2 nitrogen and oxygen atoms in total. The number of halogens is 1. The van der Waals surface area contributed by atoms with Crippen LogP contribution in [0.1, 0.15) is 26.8 Å². The van der Waals surface area contributed by atoms with Gasteiger partial charge in [-0.05, 0) is 37.2 Å². The number of H-pyrrole nitrogens is 1. The minimum atomic E-state index is 0.361. The molecule has 1 N–H and O–H groups in total. The Morgan fingerprint density at radius 1 is 1.31 bits per heavy atom. The van der Waals surface area contributed by atoms with Gasteiger partial charge < -0.3 is 9.55 Å². The van der Waals surface area contributed by atoms with Crippen LogP contribution in [0.3, 0.4) is 0 Å². The summed E-state index contributed by atoms with van der Waals surface area (Å²) in [5, 5.41) is 0.721. The molecule has 1 heterocycles. The maximum Gasteiger partial charge on any atom is 0.178 e. The summed E-state index contributed by atoms with van der Waals surface area (Å²) >= 11 is 11.5. The van der Waals surface area contributed by atoms with Crippen LogP contribution in [0.25, 0.3) is 11.0 Å². The van der Waals surface area contributed by atoms with E-state index in [4.69, 9.17) is 23.8 Å². The van der Waals surface area contributed by atoms with Crippen molar-refractivity contribution in [3.63, 3.8) is 0 Å². The minimum Gasteiger partial charge on any atom is -0.329 e. The molecule has 0 aliphatic carbocycles. The van der Waals surface area contributed by atoms with Crippen molar-refractivity contribution in [1.29, 1.82) is 0 Å². The maximum absolute atomic E-state index is 6.14. The standard InChI is InChI=1S/C12H15ClN2S/c1-7(2)8(3)15-10-6-4-5-9(13)11(10)14-12(15)16/h4-8H,1-3H3,(H,14,16). The van der Waals surface area contributed by atoms with Crippen LogP contribution in [0, 0.1) is 10.7 Å². The zero-order valence-electron chi connectivity index (χ0n) is 9.62. The summed E-state index contributed by atoms with van der Waals surface area (Å²) in [5.74, 6) is 0.532. The van der Waals surface area contributed by atoms with Crippen LogP contribution in [-0.2, 0) is 0 Å². The molecule has 0 saturated heterocycles. The molecule has 0 saturated carbocycles. The van der Waals surface area contributed by atoms with Gasteiger partial charge in [-0.15, -0.1) is 0 Å². The summed E-state index contributed by atoms with van der Waals surface area (Å²) in [6.45, 7) is 6.56. The lowest BCUT2D eigenvalue weighted by Gasteiger charge is -2.18. The van der Waals surface area contributed by atoms with Gasteiger partial charge in [-0.2, -0.15) is 0 Å². The average Bonchev–Trinajstić information content (AvgIpc) is 2.55. The van der Waals surface area contributed by atoms with Gasteiger partial charge in [-0.3, -0.25) is 0 Å². The maximum atomic E-state index is 6.14. The molecule has 2 aromatic rings. The number of nitrogens with zero attached hydrogens (tertiary/aromatic N) is 1. The summed E-state index contributed by atoms with van der Waals surface area (Å²) in [5.41, 5.74) is 2.01. The Balaban J connectivity index is 2.75. The smallest absolute Gasteiger partial charge is 0.178 e. The van der Waals surface area contributed by atoms with E-state index in [0.29, 0.717) is 12.0 Å². The molecule has 1 aromatic heterocycles. The van der Waals surface area contributed by atoms with Gasteiger partial charge in [-0.25, -0.2) is 0 Å². The van der Waals surface area contributed by atoms with E-state index in [0.717, 1.165) is 20.8 Å². The van der Waals surface area contributed by atoms with E-state index in [2.05, 4.69) is 30.3 Å². The molecule has 0 bridgehead atoms. The minimum absolute atomic E-state index is 0.361. The van der Waals surface area contributed by atoms with Crippen molar-refractivity contribution in [1.82, 2.24) is 9.55 Å². The Bertz CT molecular complexity index is 568. The number of nitrogens with one attached hydrogen (secondary N) is 1. The van der Waals surface area contributed by atoms with Gasteiger partial charge in [0.2, 0.25) is 0 Å². The van der Waals surface area contributed by atoms with Crippen molar-refractivity contribution < 1.29 is 0 Å². The first-order chi connectivity index (χ1) is 7.52. The van der Waals surface area contributed by atoms with Crippen LogP contribution in [0.5, 0.6) is 0 Å². The number of fused-ring (bicyclic) bond motifs is 1. The summed E-state index contributed by atoms with van der Waals surface area (Å²) in [4.78, 5) is 3.18. The summed E-state index contributed by atoms with van der Waals surface area (Å²) < 4.78 is 2.88. The zero-order chi connectivity index (χ0) is 11.9. The van der Waals surface area contributed by atoms with Crippen LogP contribution in [0.15, 0.2) is 18.2 Å². The van der Waals surface area contributed by atoms with Crippen LogP contribution >= 0.6 is 23.8 Å². The Kier molecular flexibility index (Phi) is 3.08. The van der Waals surface area contributed by atoms with E-state index in [1.807, 2.05) is 18.2 Å². The van der Waals surface area contributed by atoms with Crippen molar-refractivity contribution in [3.05, 3.63) is 28.0 Å². The van der Waals surface area contributed by atoms with Crippen LogP contribution in [-0.4, -0.2) is 9.55 Å². The number of imidazole rings is 1. The highest BCUT2D eigenvalue weighted by atomic mass is 35.5. The van der Waals surface area contributed by atoms with E-state index in [-0.39, 0.29) is 0 Å². The lowest BCUT2D eigenvalue weighted by atomic mass is 10.1. The Morgan fingerprint density at radius 3 is 2.62 bits per heavy atom. The average molecular weight is 255 g/mol. The fourth-order valence-corrected chi connectivity index (χ4v) is 2.40. The van der Waals surface area contributed by atoms with Crippen molar-refractivity contribution in [2.24, 2.45) is 5.92 Å². The molecule has 4 heteroatoms. The normalized spacial score (nSPS) is 13.6. The predicted octanol–water partition coefficient (Wildman–Crippen LogP) is 4.57. The molecule has 0 fully saturated rings. The largest absolute Gasteiger partial charge is 0.329 e. The molecule has 0 spiro atoms. The van der Waals surface area contributed by atoms with Gasteiger partial charge in [0.25, 0.3) is 0 Å². The molecule has 1 unspecified atom stereocenters. The number of hydrogen-bond acceptors (Lipinski definition) is 1. The number of aromatic amines is 1. The van der Waals surface area contributed by atoms with E-state index >= 15 is 0 Å². The highest BCUT2D eigenvalue weighted by molar-refractivity contribution is 7.71. The number of hydrogen-bond donors (Lipinski definition) is 1. The molecule has 1 atom stereocenters. The molecular formula is C12H15ClN2S. The number of rotatable bonds is 2. The first-order valence-corrected chi connectivity index (χ1v) is 6.19. The van der Waals surface area contributed by atoms with Gasteiger partial charge >= 0.3 is 0 Å². The second-order valence-corrected chi connectivity index (χ2v) is 5.21. The van der Waals surface area contributed by atoms with Crippen molar-refractivity contribution in [2.45, 2.75) is 26.8 Å². The fourth-order valence-electron chi connectivity index (χ4n) is 1.82. The SMILES string of the molecule is CC(C)C(C)n1c(=S)[nH]c2c(Cl)cccc21. The molecule has 1 aromatic carbocycles. The number of para-hydroxylation sites is 1. The van der Waals surface area contributed by atoms with E-state index < -0.39 is 0 Å². The van der Waals surface area contributed by atoms with Crippen LogP contribution < -0.4 is 0 Å². The fraction of sp³-hybridized carbons (Fsp3) is 0.417. The molecule has 0 radical (unpaired) electrons. The van der Waals surface area contributed by atoms with Crippen molar-refractivity contribution >= 4 is 34.9 Å². The Hall–Kier alpha value is -0.800. The van der Waals surface area contributed by atoms with Gasteiger partial charge in [-0.1, -0.05) is 31.5 Å². The van der Waals surface area contributed by atoms with Gasteiger partial charge in [0, 0.05) is 6.04 Å². The summed E-state index contributed by atoms with van der Waals surface area (Å²) in [6.07, 6.45) is 0. The third-order valence-electron chi connectivity index (χ3n) is 3.07. The molecular weight excluding hydrogens is 240 g/mol. The highest BCUT2D eigenvalue weighted by Crippen LogP contribution is 2.27. The molecule has 0 aliphatic rings. The first kappa shape index (κ1) is 11.7. The lowest BCUT2D eigenvalue weighted by molar-refractivity contribution is 0.413. The van der Waals surface area contributed by atoms with E-state index in [1.165, 1.54) is 0 Å². The number of benzene rings is 1. The third-order valence-corrected chi connectivity index (χ3v) is 3.69. The third kappa shape index (κ3) is 1.78. The van der Waals surface area contributed by atoms with Crippen LogP contribution in [0.4, 0.5) is 0 Å². The van der Waals surface area contributed by atoms with Crippen molar-refractivity contribution in [2.75, 3.05) is 0 Å². The van der Waals surface area contributed by atoms with E-state index in [1.54, 1.807) is 0 Å². The highest BCUT2D eigenvalue weighted by Gasteiger charge is 2.15. The van der Waals surface area contributed by atoms with Crippen LogP contribution in [0.2, 0.25) is 5.02 Å². The van der Waals surface area contributed by atoms with Crippen molar-refractivity contribution in [3.8, 4) is 0 Å². The summed E-state index contributed by atoms with van der Waals surface area (Å²) in [6, 6.07) is 6.24. The molecule has 16 heavy (non-hydrogen) atoms. The predicted molar refractivity (Wildman–Crippen MR) is 71.7 cm³/mol. The summed E-state index contributed by atoms with van der Waals surface area (Å²) in [7, 11) is 0. The topological polar surface area (TPSA) is 20.7 Å². The first-order valence-electron chi connectivity index (χ1n) is 5.41. The second kappa shape index (κ2) is 4.22. The Morgan fingerprint density at radius 2 is 2.00 bits per heavy atom. The Labute approximate surface area is 105 Å². The quantitative estimate of drug-likeness (QED) is 0.779. The second-order valence-electron chi connectivity index (χ2n) is 4.42. The van der Waals surface area contributed by atoms with E-state index in [9.17, 15) is 0 Å². The monoisotopic (exact) mass is 254 g/mol. The molecule has 2 rings (SSSR count). The molecule has 0 aliphatic heterocycles.